The molecule has 0 spiro atoms. The van der Waals surface area contributed by atoms with Crippen molar-refractivity contribution < 1.29 is 24.5 Å². The fourth-order valence-electron chi connectivity index (χ4n) is 3.18. The number of aromatic hydroxyl groups is 1. The zero-order chi connectivity index (χ0) is 23.5. The summed E-state index contributed by atoms with van der Waals surface area (Å²) < 4.78 is 10.6. The number of hydrogen-bond donors (Lipinski definition) is 4. The van der Waals surface area contributed by atoms with Gasteiger partial charge in [-0.3, -0.25) is 4.79 Å². The molecule has 0 aliphatic carbocycles. The van der Waals surface area contributed by atoms with E-state index in [2.05, 4.69) is 10.6 Å². The minimum Gasteiger partial charge on any atom is -0.508 e. The summed E-state index contributed by atoms with van der Waals surface area (Å²) in [6.07, 6.45) is 0.460. The van der Waals surface area contributed by atoms with Gasteiger partial charge in [-0.15, -0.1) is 12.4 Å². The molecule has 1 amide bonds. The first kappa shape index (κ1) is 27.0. The van der Waals surface area contributed by atoms with Gasteiger partial charge in [0.15, 0.2) is 0 Å². The van der Waals surface area contributed by atoms with Gasteiger partial charge < -0.3 is 30.3 Å². The maximum absolute atomic E-state index is 12.3. The van der Waals surface area contributed by atoms with Gasteiger partial charge in [0.1, 0.15) is 30.0 Å². The van der Waals surface area contributed by atoms with Gasteiger partial charge in [0.25, 0.3) is 0 Å². The van der Waals surface area contributed by atoms with E-state index < -0.39 is 6.10 Å². The van der Waals surface area contributed by atoms with E-state index in [1.807, 2.05) is 48.5 Å². The summed E-state index contributed by atoms with van der Waals surface area (Å²) in [5.41, 5.74) is 2.81. The Balaban J connectivity index is 0.00000408. The molecule has 0 bridgehead atoms. The molecule has 0 unspecified atom stereocenters. The van der Waals surface area contributed by atoms with E-state index in [0.717, 1.165) is 29.0 Å². The summed E-state index contributed by atoms with van der Waals surface area (Å²) in [4.78, 5) is 12.3. The Kier molecular flexibility index (Phi) is 11.2. The van der Waals surface area contributed by atoms with Crippen molar-refractivity contribution in [3.63, 3.8) is 0 Å². The molecule has 3 rings (SSSR count). The molecule has 34 heavy (non-hydrogen) atoms. The van der Waals surface area contributed by atoms with Gasteiger partial charge in [-0.05, 0) is 72.6 Å². The van der Waals surface area contributed by atoms with Crippen LogP contribution in [0.2, 0.25) is 0 Å². The van der Waals surface area contributed by atoms with Gasteiger partial charge >= 0.3 is 0 Å². The lowest BCUT2D eigenvalue weighted by Gasteiger charge is -2.13. The highest BCUT2D eigenvalue weighted by molar-refractivity contribution is 5.92. The first-order valence-corrected chi connectivity index (χ1v) is 10.8. The predicted octanol–water partition coefficient (Wildman–Crippen LogP) is 3.58. The molecule has 8 heteroatoms. The molecule has 4 N–H and O–H groups in total. The van der Waals surface area contributed by atoms with Gasteiger partial charge in [-0.1, -0.05) is 24.3 Å². The number of phenolic OH excluding ortho intramolecular Hbond substituents is 1. The molecule has 3 aromatic carbocycles. The maximum atomic E-state index is 12.3. The number of aliphatic hydroxyl groups excluding tert-OH is 1. The average Bonchev–Trinajstić information content (AvgIpc) is 2.83. The number of hydrogen-bond acceptors (Lipinski definition) is 6. The van der Waals surface area contributed by atoms with Crippen LogP contribution in [-0.2, 0) is 17.6 Å². The Hall–Kier alpha value is -3.26. The number of carbonyl (C=O) groups is 1. The zero-order valence-corrected chi connectivity index (χ0v) is 19.9. The van der Waals surface area contributed by atoms with Crippen molar-refractivity contribution in [2.75, 3.05) is 32.1 Å². The summed E-state index contributed by atoms with van der Waals surface area (Å²) in [7, 11) is 1.61. The fraction of sp³-hybridized carbons (Fsp3) is 0.269. The lowest BCUT2D eigenvalue weighted by molar-refractivity contribution is -0.115. The van der Waals surface area contributed by atoms with Crippen molar-refractivity contribution in [1.82, 2.24) is 5.32 Å². The minimum atomic E-state index is -0.637. The number of ether oxygens (including phenoxy) is 2. The monoisotopic (exact) mass is 486 g/mol. The zero-order valence-electron chi connectivity index (χ0n) is 19.1. The summed E-state index contributed by atoms with van der Waals surface area (Å²) in [5.74, 6) is 1.47. The Morgan fingerprint density at radius 2 is 1.53 bits per heavy atom. The number of nitrogens with one attached hydrogen (secondary N) is 2. The molecule has 0 heterocycles. The SMILES string of the molecule is COc1ccc(CC(=O)Nc2ccc(CCNC[C@H](O)COc3ccc(O)cc3)cc2)cc1.Cl. The quantitative estimate of drug-likeness (QED) is 0.292. The average molecular weight is 487 g/mol. The molecule has 0 aromatic heterocycles. The number of carbonyl (C=O) groups excluding carboxylic acids is 1. The Labute approximate surface area is 206 Å². The predicted molar refractivity (Wildman–Crippen MR) is 135 cm³/mol. The van der Waals surface area contributed by atoms with Crippen LogP contribution in [0.3, 0.4) is 0 Å². The number of methoxy groups -OCH3 is 1. The van der Waals surface area contributed by atoms with Gasteiger partial charge in [-0.25, -0.2) is 0 Å². The number of aliphatic hydroxyl groups is 1. The van der Waals surface area contributed by atoms with Gasteiger partial charge in [0, 0.05) is 12.2 Å². The highest BCUT2D eigenvalue weighted by Gasteiger charge is 2.07. The number of phenols is 1. The second kappa shape index (κ2) is 14.1. The van der Waals surface area contributed by atoms with E-state index >= 15 is 0 Å². The van der Waals surface area contributed by atoms with Crippen LogP contribution in [0.5, 0.6) is 17.2 Å². The minimum absolute atomic E-state index is 0. The first-order chi connectivity index (χ1) is 16.0. The Morgan fingerprint density at radius 3 is 2.18 bits per heavy atom. The van der Waals surface area contributed by atoms with Crippen molar-refractivity contribution in [1.29, 1.82) is 0 Å². The van der Waals surface area contributed by atoms with Crippen LogP contribution in [0.25, 0.3) is 0 Å². The molecule has 0 aliphatic heterocycles. The third-order valence-corrected chi connectivity index (χ3v) is 5.01. The van der Waals surface area contributed by atoms with Crippen molar-refractivity contribution in [3.8, 4) is 17.2 Å². The second-order valence-electron chi connectivity index (χ2n) is 7.68. The summed E-state index contributed by atoms with van der Waals surface area (Å²) >= 11 is 0. The molecule has 1 atom stereocenters. The third-order valence-electron chi connectivity index (χ3n) is 5.01. The standard InChI is InChI=1S/C26H30N2O5.ClH/c1-32-24-10-4-20(5-11-24)16-26(31)28-21-6-2-19(3-7-21)14-15-27-17-23(30)18-33-25-12-8-22(29)9-13-25;/h2-13,23,27,29-30H,14-18H2,1H3,(H,28,31);1H/t23-;/m0./s1. The van der Waals surface area contributed by atoms with Crippen molar-refractivity contribution in [2.24, 2.45) is 0 Å². The van der Waals surface area contributed by atoms with Crippen LogP contribution in [-0.4, -0.2) is 49.0 Å². The van der Waals surface area contributed by atoms with E-state index in [9.17, 15) is 15.0 Å². The van der Waals surface area contributed by atoms with Crippen LogP contribution in [0.1, 0.15) is 11.1 Å². The van der Waals surface area contributed by atoms with Crippen LogP contribution < -0.4 is 20.1 Å². The number of rotatable bonds is 12. The summed E-state index contributed by atoms with van der Waals surface area (Å²) in [5, 5.41) is 25.4. The van der Waals surface area contributed by atoms with Crippen LogP contribution >= 0.6 is 12.4 Å². The molecule has 0 radical (unpaired) electrons. The van der Waals surface area contributed by atoms with Crippen molar-refractivity contribution in [2.45, 2.75) is 18.9 Å². The van der Waals surface area contributed by atoms with Gasteiger partial charge in [0.05, 0.1) is 13.5 Å². The van der Waals surface area contributed by atoms with Crippen molar-refractivity contribution >= 4 is 24.0 Å². The fourth-order valence-corrected chi connectivity index (χ4v) is 3.18. The van der Waals surface area contributed by atoms with Crippen LogP contribution in [0.15, 0.2) is 72.8 Å². The molecule has 0 aliphatic rings. The molecule has 0 saturated carbocycles. The summed E-state index contributed by atoms with van der Waals surface area (Å²) in [6, 6.07) is 21.6. The number of halogens is 1. The molecule has 7 nitrogen and oxygen atoms in total. The van der Waals surface area contributed by atoms with Crippen LogP contribution in [0.4, 0.5) is 5.69 Å². The van der Waals surface area contributed by atoms with Gasteiger partial charge in [-0.2, -0.15) is 0 Å². The molecular formula is C26H31ClN2O5. The topological polar surface area (TPSA) is 100 Å². The Morgan fingerprint density at radius 1 is 0.912 bits per heavy atom. The number of amides is 1. The van der Waals surface area contributed by atoms with Crippen LogP contribution in [0, 0.1) is 0 Å². The van der Waals surface area contributed by atoms with Crippen molar-refractivity contribution in [3.05, 3.63) is 83.9 Å². The number of benzene rings is 3. The Bertz CT molecular complexity index is 995. The van der Waals surface area contributed by atoms with Gasteiger partial charge in [0.2, 0.25) is 5.91 Å². The molecule has 182 valence electrons. The lowest BCUT2D eigenvalue weighted by Crippen LogP contribution is -2.32. The van der Waals surface area contributed by atoms with E-state index in [4.69, 9.17) is 9.47 Å². The van der Waals surface area contributed by atoms with E-state index in [1.54, 1.807) is 19.2 Å². The smallest absolute Gasteiger partial charge is 0.228 e. The van der Waals surface area contributed by atoms with E-state index in [-0.39, 0.29) is 30.7 Å². The number of anilines is 1. The van der Waals surface area contributed by atoms with E-state index in [0.29, 0.717) is 25.3 Å². The largest absolute Gasteiger partial charge is 0.508 e. The first-order valence-electron chi connectivity index (χ1n) is 10.8. The molecule has 0 fully saturated rings. The molecular weight excluding hydrogens is 456 g/mol. The second-order valence-corrected chi connectivity index (χ2v) is 7.68. The highest BCUT2D eigenvalue weighted by atomic mass is 35.5. The maximum Gasteiger partial charge on any atom is 0.228 e. The molecule has 0 saturated heterocycles. The third kappa shape index (κ3) is 9.31. The van der Waals surface area contributed by atoms with E-state index in [1.165, 1.54) is 12.1 Å². The molecule has 3 aromatic rings. The lowest BCUT2D eigenvalue weighted by atomic mass is 10.1. The summed E-state index contributed by atoms with van der Waals surface area (Å²) in [6.45, 7) is 1.29. The highest BCUT2D eigenvalue weighted by Crippen LogP contribution is 2.16. The normalized spacial score (nSPS) is 11.2.